The first-order chi connectivity index (χ1) is 11.2. The maximum Gasteiger partial charge on any atom is 0.245 e. The Morgan fingerprint density at radius 1 is 0.958 bits per heavy atom. The van der Waals surface area contributed by atoms with Crippen LogP contribution in [0.2, 0.25) is 0 Å². The van der Waals surface area contributed by atoms with Crippen LogP contribution in [0.25, 0.3) is 0 Å². The molecule has 0 unspecified atom stereocenters. The molecule has 0 aliphatic carbocycles. The maximum absolute atomic E-state index is 12.9. The second-order valence-corrected chi connectivity index (χ2v) is 7.76. The predicted molar refractivity (Wildman–Crippen MR) is 94.1 cm³/mol. The topological polar surface area (TPSA) is 64.6 Å². The summed E-state index contributed by atoms with van der Waals surface area (Å²) in [4.78, 5) is 0.131. The molecule has 5 nitrogen and oxygen atoms in total. The molecule has 0 amide bonds. The fraction of sp³-hybridized carbons (Fsp3) is 0.333. The summed E-state index contributed by atoms with van der Waals surface area (Å²) < 4.78 is 38.8. The van der Waals surface area contributed by atoms with Crippen molar-refractivity contribution in [1.82, 2.24) is 4.72 Å². The minimum absolute atomic E-state index is 0.131. The minimum atomic E-state index is -3.75. The number of rotatable bonds is 6. The van der Waals surface area contributed by atoms with Gasteiger partial charge in [-0.2, -0.15) is 0 Å². The van der Waals surface area contributed by atoms with Crippen LogP contribution in [0.15, 0.2) is 47.4 Å². The van der Waals surface area contributed by atoms with E-state index >= 15 is 0 Å². The van der Waals surface area contributed by atoms with Gasteiger partial charge in [-0.15, -0.1) is 0 Å². The SMILES string of the molecule is COc1ccc(C(C)(C)NS(=O)(=O)c2cc(C)ccc2OC)cc1. The molecule has 0 aliphatic rings. The van der Waals surface area contributed by atoms with Gasteiger partial charge in [-0.1, -0.05) is 18.2 Å². The number of nitrogens with one attached hydrogen (secondary N) is 1. The summed E-state index contributed by atoms with van der Waals surface area (Å²) in [6.07, 6.45) is 0. The summed E-state index contributed by atoms with van der Waals surface area (Å²) in [5.74, 6) is 1.04. The van der Waals surface area contributed by atoms with Gasteiger partial charge in [0.2, 0.25) is 10.0 Å². The molecule has 0 radical (unpaired) electrons. The monoisotopic (exact) mass is 349 g/mol. The van der Waals surface area contributed by atoms with E-state index in [-0.39, 0.29) is 4.90 Å². The fourth-order valence-electron chi connectivity index (χ4n) is 2.45. The summed E-state index contributed by atoms with van der Waals surface area (Å²) >= 11 is 0. The lowest BCUT2D eigenvalue weighted by Gasteiger charge is -2.27. The van der Waals surface area contributed by atoms with Gasteiger partial charge in [0.05, 0.1) is 19.8 Å². The van der Waals surface area contributed by atoms with Crippen molar-refractivity contribution in [3.05, 3.63) is 53.6 Å². The molecule has 0 saturated heterocycles. The quantitative estimate of drug-likeness (QED) is 0.870. The van der Waals surface area contributed by atoms with Crippen LogP contribution in [-0.4, -0.2) is 22.6 Å². The van der Waals surface area contributed by atoms with Crippen LogP contribution in [0.4, 0.5) is 0 Å². The standard InChI is InChI=1S/C18H23NO4S/c1-13-6-11-16(23-5)17(12-13)24(20,21)19-18(2,3)14-7-9-15(22-4)10-8-14/h6-12,19H,1-5H3. The molecule has 0 spiro atoms. The molecular formula is C18H23NO4S. The number of ether oxygens (including phenoxy) is 2. The largest absolute Gasteiger partial charge is 0.497 e. The van der Waals surface area contributed by atoms with Gasteiger partial charge >= 0.3 is 0 Å². The van der Waals surface area contributed by atoms with Crippen LogP contribution in [0.1, 0.15) is 25.0 Å². The van der Waals surface area contributed by atoms with Crippen LogP contribution in [-0.2, 0) is 15.6 Å². The van der Waals surface area contributed by atoms with Crippen LogP contribution >= 0.6 is 0 Å². The third kappa shape index (κ3) is 3.88. The molecule has 2 rings (SSSR count). The van der Waals surface area contributed by atoms with Crippen molar-refractivity contribution in [1.29, 1.82) is 0 Å². The number of sulfonamides is 1. The molecular weight excluding hydrogens is 326 g/mol. The molecule has 0 fully saturated rings. The van der Waals surface area contributed by atoms with Crippen LogP contribution in [0.5, 0.6) is 11.5 Å². The first-order valence-electron chi connectivity index (χ1n) is 7.53. The molecule has 0 aliphatic heterocycles. The molecule has 130 valence electrons. The summed E-state index contributed by atoms with van der Waals surface area (Å²) in [5, 5.41) is 0. The molecule has 2 aromatic rings. The second-order valence-electron chi connectivity index (χ2n) is 6.11. The Morgan fingerprint density at radius 2 is 1.58 bits per heavy atom. The van der Waals surface area contributed by atoms with E-state index < -0.39 is 15.6 Å². The molecule has 0 aromatic heterocycles. The van der Waals surface area contributed by atoms with Gasteiger partial charge in [0.15, 0.2) is 0 Å². The summed E-state index contributed by atoms with van der Waals surface area (Å²) in [6, 6.07) is 12.4. The lowest BCUT2D eigenvalue weighted by Crippen LogP contribution is -2.41. The first-order valence-corrected chi connectivity index (χ1v) is 9.01. The van der Waals surface area contributed by atoms with Crippen molar-refractivity contribution in [2.45, 2.75) is 31.2 Å². The Balaban J connectivity index is 2.38. The summed E-state index contributed by atoms with van der Waals surface area (Å²) in [7, 11) is -0.707. The van der Waals surface area contributed by atoms with Gasteiger partial charge < -0.3 is 9.47 Å². The van der Waals surface area contributed by atoms with Crippen molar-refractivity contribution < 1.29 is 17.9 Å². The van der Waals surface area contributed by atoms with E-state index in [1.165, 1.54) is 7.11 Å². The Hall–Kier alpha value is -2.05. The molecule has 6 heteroatoms. The predicted octanol–water partition coefficient (Wildman–Crippen LogP) is 3.23. The van der Waals surface area contributed by atoms with Crippen molar-refractivity contribution in [3.8, 4) is 11.5 Å². The molecule has 1 N–H and O–H groups in total. The highest BCUT2D eigenvalue weighted by Crippen LogP contribution is 2.29. The van der Waals surface area contributed by atoms with Crippen molar-refractivity contribution in [2.75, 3.05) is 14.2 Å². The van der Waals surface area contributed by atoms with Gasteiger partial charge in [0.25, 0.3) is 0 Å². The van der Waals surface area contributed by atoms with Gasteiger partial charge in [-0.05, 0) is 56.2 Å². The van der Waals surface area contributed by atoms with Crippen molar-refractivity contribution >= 4 is 10.0 Å². The van der Waals surface area contributed by atoms with E-state index in [1.807, 2.05) is 39.0 Å². The Bertz CT molecular complexity index is 811. The number of hydrogen-bond acceptors (Lipinski definition) is 4. The summed E-state index contributed by atoms with van der Waals surface area (Å²) in [6.45, 7) is 5.47. The molecule has 2 aromatic carbocycles. The number of benzene rings is 2. The average molecular weight is 349 g/mol. The molecule has 0 saturated carbocycles. The average Bonchev–Trinajstić information content (AvgIpc) is 2.54. The van der Waals surface area contributed by atoms with Crippen LogP contribution in [0.3, 0.4) is 0 Å². The van der Waals surface area contributed by atoms with Gasteiger partial charge in [0.1, 0.15) is 16.4 Å². The molecule has 0 heterocycles. The highest BCUT2D eigenvalue weighted by molar-refractivity contribution is 7.89. The third-order valence-electron chi connectivity index (χ3n) is 3.81. The number of methoxy groups -OCH3 is 2. The van der Waals surface area contributed by atoms with Crippen LogP contribution in [0, 0.1) is 6.92 Å². The number of hydrogen-bond donors (Lipinski definition) is 1. The zero-order valence-electron chi connectivity index (χ0n) is 14.6. The van der Waals surface area contributed by atoms with E-state index in [4.69, 9.17) is 9.47 Å². The Kier molecular flexibility index (Phi) is 5.20. The summed E-state index contributed by atoms with van der Waals surface area (Å²) in [5.41, 5.74) is 0.886. The van der Waals surface area contributed by atoms with E-state index in [1.54, 1.807) is 31.4 Å². The fourth-order valence-corrected chi connectivity index (χ4v) is 4.11. The lowest BCUT2D eigenvalue weighted by atomic mass is 9.96. The van der Waals surface area contributed by atoms with Gasteiger partial charge in [0, 0.05) is 0 Å². The van der Waals surface area contributed by atoms with E-state index in [0.29, 0.717) is 5.75 Å². The van der Waals surface area contributed by atoms with E-state index in [2.05, 4.69) is 4.72 Å². The van der Waals surface area contributed by atoms with Crippen molar-refractivity contribution in [2.24, 2.45) is 0 Å². The molecule has 0 bridgehead atoms. The first kappa shape index (κ1) is 18.3. The zero-order chi connectivity index (χ0) is 18.0. The zero-order valence-corrected chi connectivity index (χ0v) is 15.4. The third-order valence-corrected chi connectivity index (χ3v) is 5.49. The Morgan fingerprint density at radius 3 is 2.12 bits per heavy atom. The van der Waals surface area contributed by atoms with E-state index in [0.717, 1.165) is 16.9 Å². The van der Waals surface area contributed by atoms with Crippen LogP contribution < -0.4 is 14.2 Å². The minimum Gasteiger partial charge on any atom is -0.497 e. The number of aryl methyl sites for hydroxylation is 1. The van der Waals surface area contributed by atoms with E-state index in [9.17, 15) is 8.42 Å². The van der Waals surface area contributed by atoms with Gasteiger partial charge in [-0.25, -0.2) is 13.1 Å². The highest BCUT2D eigenvalue weighted by Gasteiger charge is 2.30. The highest BCUT2D eigenvalue weighted by atomic mass is 32.2. The molecule has 24 heavy (non-hydrogen) atoms. The molecule has 0 atom stereocenters. The Labute approximate surface area is 143 Å². The van der Waals surface area contributed by atoms with Gasteiger partial charge in [-0.3, -0.25) is 0 Å². The lowest BCUT2D eigenvalue weighted by molar-refractivity contribution is 0.400. The second kappa shape index (κ2) is 6.83. The maximum atomic E-state index is 12.9. The van der Waals surface area contributed by atoms with Crippen molar-refractivity contribution in [3.63, 3.8) is 0 Å². The normalized spacial score (nSPS) is 12.0. The smallest absolute Gasteiger partial charge is 0.245 e.